The van der Waals surface area contributed by atoms with Crippen molar-refractivity contribution in [3.8, 4) is 0 Å². The monoisotopic (exact) mass is 233 g/mol. The van der Waals surface area contributed by atoms with Crippen molar-refractivity contribution in [2.45, 2.75) is 20.8 Å². The van der Waals surface area contributed by atoms with Gasteiger partial charge in [-0.25, -0.2) is 4.79 Å². The number of amides is 1. The summed E-state index contributed by atoms with van der Waals surface area (Å²) in [5.74, 6) is 0.859. The van der Waals surface area contributed by atoms with E-state index in [1.54, 1.807) is 6.92 Å². The van der Waals surface area contributed by atoms with Gasteiger partial charge in [-0.15, -0.1) is 0 Å². The Hall–Kier alpha value is -1.97. The van der Waals surface area contributed by atoms with Crippen LogP contribution in [0.15, 0.2) is 22.6 Å². The van der Waals surface area contributed by atoms with E-state index in [-0.39, 0.29) is 0 Å². The molecule has 0 fully saturated rings. The summed E-state index contributed by atoms with van der Waals surface area (Å²) in [6.45, 7) is 6.00. The van der Waals surface area contributed by atoms with E-state index in [1.165, 1.54) is 0 Å². The van der Waals surface area contributed by atoms with Crippen LogP contribution in [0.4, 0.5) is 10.5 Å². The number of carbonyl (C=O) groups excluding carboxylic acids is 1. The summed E-state index contributed by atoms with van der Waals surface area (Å²) in [6.07, 6.45) is -0.446. The minimum Gasteiger partial charge on any atom is -0.461 e. The van der Waals surface area contributed by atoms with Crippen LogP contribution in [0.3, 0.4) is 0 Å². The van der Waals surface area contributed by atoms with Crippen molar-refractivity contribution in [3.63, 3.8) is 0 Å². The van der Waals surface area contributed by atoms with Gasteiger partial charge >= 0.3 is 6.09 Å². The van der Waals surface area contributed by atoms with Gasteiger partial charge < -0.3 is 9.15 Å². The minimum absolute atomic E-state index is 0.352. The van der Waals surface area contributed by atoms with Gasteiger partial charge in [-0.05, 0) is 32.9 Å². The van der Waals surface area contributed by atoms with Crippen LogP contribution in [0, 0.1) is 13.8 Å². The molecule has 4 nitrogen and oxygen atoms in total. The van der Waals surface area contributed by atoms with Crippen LogP contribution in [0.2, 0.25) is 0 Å². The molecule has 0 bridgehead atoms. The van der Waals surface area contributed by atoms with Crippen LogP contribution in [-0.4, -0.2) is 12.7 Å². The summed E-state index contributed by atoms with van der Waals surface area (Å²) in [7, 11) is 0. The van der Waals surface area contributed by atoms with E-state index in [0.29, 0.717) is 6.61 Å². The first-order valence-corrected chi connectivity index (χ1v) is 5.56. The van der Waals surface area contributed by atoms with E-state index in [4.69, 9.17) is 9.15 Å². The highest BCUT2D eigenvalue weighted by molar-refractivity contribution is 6.00. The third kappa shape index (κ3) is 2.11. The molecule has 0 aliphatic heterocycles. The molecule has 0 aliphatic rings. The van der Waals surface area contributed by atoms with Crippen LogP contribution in [0.5, 0.6) is 0 Å². The summed E-state index contributed by atoms with van der Waals surface area (Å²) in [5.41, 5.74) is 2.52. The molecule has 1 amide bonds. The zero-order valence-corrected chi connectivity index (χ0v) is 10.2. The third-order valence-electron chi connectivity index (χ3n) is 2.70. The fraction of sp³-hybridized carbons (Fsp3) is 0.308. The van der Waals surface area contributed by atoms with E-state index in [2.05, 4.69) is 5.32 Å². The van der Waals surface area contributed by atoms with Crippen LogP contribution in [0.1, 0.15) is 18.2 Å². The maximum atomic E-state index is 11.4. The number of ether oxygens (including phenoxy) is 1. The number of fused-ring (bicyclic) bond motifs is 1. The predicted octanol–water partition coefficient (Wildman–Crippen LogP) is 3.62. The summed E-state index contributed by atoms with van der Waals surface area (Å²) >= 11 is 0. The number of hydrogen-bond acceptors (Lipinski definition) is 3. The first kappa shape index (κ1) is 11.5. The number of nitrogens with one attached hydrogen (secondary N) is 1. The fourth-order valence-corrected chi connectivity index (χ4v) is 1.80. The average Bonchev–Trinajstić information content (AvgIpc) is 2.56. The Morgan fingerprint density at radius 1 is 1.41 bits per heavy atom. The number of hydrogen-bond donors (Lipinski definition) is 1. The van der Waals surface area contributed by atoms with E-state index in [0.717, 1.165) is 28.0 Å². The van der Waals surface area contributed by atoms with Crippen molar-refractivity contribution in [3.05, 3.63) is 29.5 Å². The Balaban J connectivity index is 2.43. The van der Waals surface area contributed by atoms with Crippen molar-refractivity contribution >= 4 is 22.7 Å². The highest BCUT2D eigenvalue weighted by atomic mass is 16.5. The second-order valence-electron chi connectivity index (χ2n) is 3.81. The first-order chi connectivity index (χ1) is 8.13. The standard InChI is InChI=1S/C13H15NO3/c1-4-16-13(15)14-10-6-5-7-11-12(10)8(2)9(3)17-11/h5-7H,4H2,1-3H3,(H,14,15). The summed E-state index contributed by atoms with van der Waals surface area (Å²) < 4.78 is 10.4. The smallest absolute Gasteiger partial charge is 0.411 e. The van der Waals surface area contributed by atoms with Crippen LogP contribution >= 0.6 is 0 Å². The van der Waals surface area contributed by atoms with Crippen molar-refractivity contribution in [1.29, 1.82) is 0 Å². The second-order valence-corrected chi connectivity index (χ2v) is 3.81. The number of furan rings is 1. The predicted molar refractivity (Wildman–Crippen MR) is 66.3 cm³/mol. The molecule has 17 heavy (non-hydrogen) atoms. The van der Waals surface area contributed by atoms with E-state index in [1.807, 2.05) is 32.0 Å². The number of benzene rings is 1. The summed E-state index contributed by atoms with van der Waals surface area (Å²) in [6, 6.07) is 5.55. The van der Waals surface area contributed by atoms with Crippen molar-refractivity contribution in [1.82, 2.24) is 0 Å². The number of aryl methyl sites for hydroxylation is 2. The molecule has 1 aromatic heterocycles. The summed E-state index contributed by atoms with van der Waals surface area (Å²) in [5, 5.41) is 3.65. The molecule has 2 aromatic rings. The van der Waals surface area contributed by atoms with Crippen LogP contribution in [-0.2, 0) is 4.74 Å². The molecule has 2 rings (SSSR count). The van der Waals surface area contributed by atoms with Gasteiger partial charge in [-0.3, -0.25) is 5.32 Å². The Morgan fingerprint density at radius 2 is 2.18 bits per heavy atom. The van der Waals surface area contributed by atoms with E-state index in [9.17, 15) is 4.79 Å². The lowest BCUT2D eigenvalue weighted by molar-refractivity contribution is 0.168. The Kier molecular flexibility index (Phi) is 3.04. The normalized spacial score (nSPS) is 10.5. The van der Waals surface area contributed by atoms with Crippen LogP contribution < -0.4 is 5.32 Å². The van der Waals surface area contributed by atoms with Gasteiger partial charge in [0.2, 0.25) is 0 Å². The molecule has 0 spiro atoms. The lowest BCUT2D eigenvalue weighted by Gasteiger charge is -2.06. The highest BCUT2D eigenvalue weighted by Gasteiger charge is 2.12. The van der Waals surface area contributed by atoms with Crippen molar-refractivity contribution in [2.75, 3.05) is 11.9 Å². The second kappa shape index (κ2) is 4.49. The number of anilines is 1. The van der Waals surface area contributed by atoms with Gasteiger partial charge in [0.25, 0.3) is 0 Å². The van der Waals surface area contributed by atoms with E-state index < -0.39 is 6.09 Å². The van der Waals surface area contributed by atoms with Crippen molar-refractivity contribution < 1.29 is 13.9 Å². The topological polar surface area (TPSA) is 51.5 Å². The first-order valence-electron chi connectivity index (χ1n) is 5.56. The number of carbonyl (C=O) groups is 1. The molecule has 90 valence electrons. The maximum Gasteiger partial charge on any atom is 0.411 e. The average molecular weight is 233 g/mol. The molecule has 0 radical (unpaired) electrons. The van der Waals surface area contributed by atoms with Crippen LogP contribution in [0.25, 0.3) is 11.0 Å². The maximum absolute atomic E-state index is 11.4. The molecule has 1 aromatic carbocycles. The Labute approximate surface area is 99.6 Å². The molecule has 0 unspecified atom stereocenters. The SMILES string of the molecule is CCOC(=O)Nc1cccc2oc(C)c(C)c12. The Morgan fingerprint density at radius 3 is 2.88 bits per heavy atom. The fourth-order valence-electron chi connectivity index (χ4n) is 1.80. The molecule has 1 N–H and O–H groups in total. The molecule has 1 heterocycles. The van der Waals surface area contributed by atoms with Gasteiger partial charge in [0.1, 0.15) is 11.3 Å². The molecule has 0 aliphatic carbocycles. The zero-order chi connectivity index (χ0) is 12.4. The molecule has 4 heteroatoms. The van der Waals surface area contributed by atoms with E-state index >= 15 is 0 Å². The highest BCUT2D eigenvalue weighted by Crippen LogP contribution is 2.31. The molecule has 0 saturated heterocycles. The largest absolute Gasteiger partial charge is 0.461 e. The van der Waals surface area contributed by atoms with Gasteiger partial charge in [0.15, 0.2) is 0 Å². The lowest BCUT2D eigenvalue weighted by atomic mass is 10.1. The zero-order valence-electron chi connectivity index (χ0n) is 10.2. The van der Waals surface area contributed by atoms with Gasteiger partial charge in [0, 0.05) is 10.9 Å². The van der Waals surface area contributed by atoms with Gasteiger partial charge in [0.05, 0.1) is 12.3 Å². The quantitative estimate of drug-likeness (QED) is 0.861. The lowest BCUT2D eigenvalue weighted by Crippen LogP contribution is -2.13. The Bertz CT molecular complexity index is 557. The van der Waals surface area contributed by atoms with Gasteiger partial charge in [-0.2, -0.15) is 0 Å². The number of rotatable bonds is 2. The van der Waals surface area contributed by atoms with Gasteiger partial charge in [-0.1, -0.05) is 6.07 Å². The molecular formula is C13H15NO3. The van der Waals surface area contributed by atoms with Crippen molar-refractivity contribution in [2.24, 2.45) is 0 Å². The molecule has 0 atom stereocenters. The minimum atomic E-state index is -0.446. The molecule has 0 saturated carbocycles. The molecular weight excluding hydrogens is 218 g/mol. The summed E-state index contributed by atoms with van der Waals surface area (Å²) in [4.78, 5) is 11.4. The third-order valence-corrected chi connectivity index (χ3v) is 2.70.